The number of benzene rings is 1. The van der Waals surface area contributed by atoms with Gasteiger partial charge in [-0.2, -0.15) is 4.98 Å². The molecular weight excluding hydrogens is 328 g/mol. The Hall–Kier alpha value is -1.86. The number of aliphatic hydroxyl groups excluding tert-OH is 1. The first kappa shape index (κ1) is 17.9. The van der Waals surface area contributed by atoms with Crippen molar-refractivity contribution in [2.45, 2.75) is 57.1 Å². The largest absolute Gasteiger partial charge is 0.387 e. The zero-order chi connectivity index (χ0) is 18.0. The fraction of sp³-hybridized carbons (Fsp3) is 0.556. The van der Waals surface area contributed by atoms with Crippen LogP contribution in [0.4, 0.5) is 8.78 Å². The molecule has 0 radical (unpaired) electrons. The van der Waals surface area contributed by atoms with Crippen LogP contribution in [0.25, 0.3) is 0 Å². The first-order valence-electron chi connectivity index (χ1n) is 8.63. The van der Waals surface area contributed by atoms with Crippen LogP contribution in [0.2, 0.25) is 0 Å². The number of nitrogens with one attached hydrogen (secondary N) is 1. The van der Waals surface area contributed by atoms with E-state index in [9.17, 15) is 13.9 Å². The van der Waals surface area contributed by atoms with Crippen molar-refractivity contribution in [2.24, 2.45) is 0 Å². The quantitative estimate of drug-likeness (QED) is 0.833. The second-order valence-corrected chi connectivity index (χ2v) is 6.97. The zero-order valence-electron chi connectivity index (χ0n) is 14.4. The molecule has 1 aromatic carbocycles. The molecule has 1 aliphatic carbocycles. The van der Waals surface area contributed by atoms with Crippen molar-refractivity contribution in [1.29, 1.82) is 0 Å². The van der Waals surface area contributed by atoms with Gasteiger partial charge in [-0.3, -0.25) is 0 Å². The average molecular weight is 351 g/mol. The van der Waals surface area contributed by atoms with Gasteiger partial charge >= 0.3 is 0 Å². The molecule has 1 saturated carbocycles. The Kier molecular flexibility index (Phi) is 5.15. The van der Waals surface area contributed by atoms with Gasteiger partial charge in [0.2, 0.25) is 5.89 Å². The second kappa shape index (κ2) is 7.17. The molecule has 1 unspecified atom stereocenters. The molecule has 1 aromatic heterocycles. The summed E-state index contributed by atoms with van der Waals surface area (Å²) in [5.41, 5.74) is -0.119. The smallest absolute Gasteiger partial charge is 0.229 e. The molecule has 25 heavy (non-hydrogen) atoms. The van der Waals surface area contributed by atoms with Gasteiger partial charge in [0.25, 0.3) is 0 Å². The lowest BCUT2D eigenvalue weighted by atomic mass is 9.95. The van der Waals surface area contributed by atoms with E-state index in [0.717, 1.165) is 37.8 Å². The summed E-state index contributed by atoms with van der Waals surface area (Å²) in [6.07, 6.45) is 2.78. The summed E-state index contributed by atoms with van der Waals surface area (Å²) in [5.74, 6) is -0.557. The number of hydrogen-bond acceptors (Lipinski definition) is 5. The van der Waals surface area contributed by atoms with Crippen LogP contribution in [0.15, 0.2) is 22.7 Å². The SMILES string of the molecule is CC(C)c1nc(C2(NCC(O)c3ccc(F)c(F)c3)CCCC2)no1. The number of halogens is 2. The minimum absolute atomic E-state index is 0.146. The molecule has 0 bridgehead atoms. The molecule has 2 aromatic rings. The van der Waals surface area contributed by atoms with E-state index < -0.39 is 23.3 Å². The van der Waals surface area contributed by atoms with Crippen molar-refractivity contribution in [2.75, 3.05) is 6.54 Å². The van der Waals surface area contributed by atoms with Crippen LogP contribution in [0.1, 0.15) is 68.8 Å². The maximum atomic E-state index is 13.4. The van der Waals surface area contributed by atoms with Gasteiger partial charge in [0, 0.05) is 12.5 Å². The van der Waals surface area contributed by atoms with E-state index in [0.29, 0.717) is 17.3 Å². The van der Waals surface area contributed by atoms with Crippen LogP contribution in [0, 0.1) is 11.6 Å². The van der Waals surface area contributed by atoms with Gasteiger partial charge in [0.1, 0.15) is 0 Å². The third-order valence-corrected chi connectivity index (χ3v) is 4.78. The van der Waals surface area contributed by atoms with Crippen molar-refractivity contribution in [3.63, 3.8) is 0 Å². The van der Waals surface area contributed by atoms with E-state index in [2.05, 4.69) is 15.5 Å². The van der Waals surface area contributed by atoms with Crippen LogP contribution in [-0.2, 0) is 5.54 Å². The van der Waals surface area contributed by atoms with Gasteiger partial charge in [-0.25, -0.2) is 8.78 Å². The number of hydrogen-bond donors (Lipinski definition) is 2. The Morgan fingerprint density at radius 3 is 2.56 bits per heavy atom. The number of nitrogens with zero attached hydrogens (tertiary/aromatic N) is 2. The lowest BCUT2D eigenvalue weighted by Crippen LogP contribution is -2.43. The Balaban J connectivity index is 1.74. The molecule has 0 aliphatic heterocycles. The van der Waals surface area contributed by atoms with Crippen molar-refractivity contribution in [3.8, 4) is 0 Å². The Morgan fingerprint density at radius 1 is 1.24 bits per heavy atom. The van der Waals surface area contributed by atoms with Crippen molar-refractivity contribution in [3.05, 3.63) is 47.1 Å². The minimum atomic E-state index is -0.966. The molecule has 1 atom stereocenters. The molecule has 1 aliphatic rings. The van der Waals surface area contributed by atoms with Gasteiger partial charge < -0.3 is 14.9 Å². The first-order valence-corrected chi connectivity index (χ1v) is 8.63. The molecule has 0 spiro atoms. The molecular formula is C18H23F2N3O2. The Labute approximate surface area is 145 Å². The van der Waals surface area contributed by atoms with Crippen molar-refractivity contribution in [1.82, 2.24) is 15.5 Å². The summed E-state index contributed by atoms with van der Waals surface area (Å²) in [6.45, 7) is 4.16. The van der Waals surface area contributed by atoms with Crippen LogP contribution < -0.4 is 5.32 Å². The predicted octanol–water partition coefficient (Wildman–Crippen LogP) is 3.56. The number of aliphatic hydroxyl groups is 1. The molecule has 1 heterocycles. The van der Waals surface area contributed by atoms with E-state index in [1.54, 1.807) is 0 Å². The first-order chi connectivity index (χ1) is 11.9. The minimum Gasteiger partial charge on any atom is -0.387 e. The second-order valence-electron chi connectivity index (χ2n) is 6.97. The Bertz CT molecular complexity index is 727. The molecule has 1 fully saturated rings. The summed E-state index contributed by atoms with van der Waals surface area (Å²) >= 11 is 0. The molecule has 7 heteroatoms. The normalized spacial score (nSPS) is 18.0. The van der Waals surface area contributed by atoms with E-state index in [4.69, 9.17) is 4.52 Å². The summed E-state index contributed by atoms with van der Waals surface area (Å²) in [4.78, 5) is 4.51. The van der Waals surface area contributed by atoms with Gasteiger partial charge in [0.05, 0.1) is 11.6 Å². The lowest BCUT2D eigenvalue weighted by molar-refractivity contribution is 0.152. The van der Waals surface area contributed by atoms with Crippen LogP contribution in [0.3, 0.4) is 0 Å². The van der Waals surface area contributed by atoms with Gasteiger partial charge in [-0.1, -0.05) is 37.9 Å². The third kappa shape index (κ3) is 3.72. The van der Waals surface area contributed by atoms with Crippen molar-refractivity contribution >= 4 is 0 Å². The molecule has 0 saturated heterocycles. The highest BCUT2D eigenvalue weighted by Gasteiger charge is 2.40. The fourth-order valence-corrected chi connectivity index (χ4v) is 3.25. The van der Waals surface area contributed by atoms with Crippen LogP contribution in [-0.4, -0.2) is 21.8 Å². The van der Waals surface area contributed by atoms with Crippen molar-refractivity contribution < 1.29 is 18.4 Å². The van der Waals surface area contributed by atoms with E-state index in [1.165, 1.54) is 6.07 Å². The van der Waals surface area contributed by atoms with Gasteiger partial charge in [-0.15, -0.1) is 0 Å². The maximum absolute atomic E-state index is 13.4. The maximum Gasteiger partial charge on any atom is 0.229 e. The van der Waals surface area contributed by atoms with E-state index in [-0.39, 0.29) is 12.5 Å². The van der Waals surface area contributed by atoms with E-state index >= 15 is 0 Å². The van der Waals surface area contributed by atoms with Crippen LogP contribution in [0.5, 0.6) is 0 Å². The molecule has 0 amide bonds. The predicted molar refractivity (Wildman–Crippen MR) is 87.9 cm³/mol. The highest BCUT2D eigenvalue weighted by molar-refractivity contribution is 5.20. The van der Waals surface area contributed by atoms with E-state index in [1.807, 2.05) is 13.8 Å². The Morgan fingerprint density at radius 2 is 1.96 bits per heavy atom. The summed E-state index contributed by atoms with van der Waals surface area (Å²) in [7, 11) is 0. The molecule has 5 nitrogen and oxygen atoms in total. The summed E-state index contributed by atoms with van der Waals surface area (Å²) in [6, 6.07) is 3.43. The standard InChI is InChI=1S/C18H23F2N3O2/c1-11(2)16-22-17(23-25-16)18(7-3-4-8-18)21-10-15(24)12-5-6-13(19)14(20)9-12/h5-6,9,11,15,21,24H,3-4,7-8,10H2,1-2H3. The highest BCUT2D eigenvalue weighted by Crippen LogP contribution is 2.38. The number of aromatic nitrogens is 2. The lowest BCUT2D eigenvalue weighted by Gasteiger charge is -2.28. The highest BCUT2D eigenvalue weighted by atomic mass is 19.2. The van der Waals surface area contributed by atoms with Gasteiger partial charge in [-0.05, 0) is 30.5 Å². The topological polar surface area (TPSA) is 71.2 Å². The van der Waals surface area contributed by atoms with Crippen LogP contribution >= 0.6 is 0 Å². The third-order valence-electron chi connectivity index (χ3n) is 4.78. The molecule has 136 valence electrons. The average Bonchev–Trinajstić information content (AvgIpc) is 3.25. The number of rotatable bonds is 6. The zero-order valence-corrected chi connectivity index (χ0v) is 14.4. The summed E-state index contributed by atoms with van der Waals surface area (Å²) < 4.78 is 31.7. The monoisotopic (exact) mass is 351 g/mol. The molecule has 2 N–H and O–H groups in total. The molecule has 3 rings (SSSR count). The fourth-order valence-electron chi connectivity index (χ4n) is 3.25. The summed E-state index contributed by atoms with van der Waals surface area (Å²) in [5, 5.41) is 17.8. The van der Waals surface area contributed by atoms with Gasteiger partial charge in [0.15, 0.2) is 17.5 Å².